The van der Waals surface area contributed by atoms with E-state index in [-0.39, 0.29) is 0 Å². The summed E-state index contributed by atoms with van der Waals surface area (Å²) in [4.78, 5) is 22.7. The Balaban J connectivity index is 0. The summed E-state index contributed by atoms with van der Waals surface area (Å²) in [6, 6.07) is 0. The number of hydrogen-bond donors (Lipinski definition) is 3. The van der Waals surface area contributed by atoms with Gasteiger partial charge in [-0.1, -0.05) is 0 Å². The first-order chi connectivity index (χ1) is 3.41. The molecule has 8 heteroatoms. The maximum Gasteiger partial charge on any atom is 0.319 e. The Kier molecular flexibility index (Phi) is 7.91. The van der Waals surface area contributed by atoms with Crippen LogP contribution in [0.2, 0.25) is 0 Å². The SMILES string of the molecule is N#P=O.OP(O)(O)=S. The van der Waals surface area contributed by atoms with Crippen molar-refractivity contribution in [1.82, 2.24) is 0 Å². The van der Waals surface area contributed by atoms with E-state index in [9.17, 15) is 0 Å². The fourth-order valence-electron chi connectivity index (χ4n) is 0. The summed E-state index contributed by atoms with van der Waals surface area (Å²) in [7, 11) is -0.833. The van der Waals surface area contributed by atoms with Crippen molar-refractivity contribution in [2.75, 3.05) is 0 Å². The van der Waals surface area contributed by atoms with Crippen molar-refractivity contribution in [3.8, 4) is 0 Å². The average Bonchev–Trinajstić information content (AvgIpc) is 1.27. The molecule has 0 atom stereocenters. The zero-order valence-corrected chi connectivity index (χ0v) is 6.11. The molecule has 5 nitrogen and oxygen atoms in total. The summed E-state index contributed by atoms with van der Waals surface area (Å²) in [6.07, 6.45) is 0. The Labute approximate surface area is 51.6 Å². The summed E-state index contributed by atoms with van der Waals surface area (Å²) in [5.41, 5.74) is 0. The van der Waals surface area contributed by atoms with Crippen molar-refractivity contribution in [3.63, 3.8) is 0 Å². The molecule has 0 aromatic heterocycles. The Morgan fingerprint density at radius 2 is 1.50 bits per heavy atom. The van der Waals surface area contributed by atoms with Crippen LogP contribution in [0.15, 0.2) is 0 Å². The molecule has 0 spiro atoms. The van der Waals surface area contributed by atoms with Gasteiger partial charge in [0, 0.05) is 0 Å². The van der Waals surface area contributed by atoms with E-state index in [2.05, 4.69) is 11.8 Å². The van der Waals surface area contributed by atoms with Crippen LogP contribution < -0.4 is 0 Å². The van der Waals surface area contributed by atoms with E-state index in [1.165, 1.54) is 0 Å². The monoisotopic (exact) mass is 175 g/mol. The van der Waals surface area contributed by atoms with Gasteiger partial charge in [0.2, 0.25) is 0 Å². The first-order valence-corrected chi connectivity index (χ1v) is 4.59. The molecule has 0 aliphatic carbocycles. The molecule has 0 aliphatic heterocycles. The second-order valence-electron chi connectivity index (χ2n) is 0.595. The first-order valence-electron chi connectivity index (χ1n) is 1.17. The van der Waals surface area contributed by atoms with Gasteiger partial charge in [0.1, 0.15) is 0 Å². The molecular formula is H3NO4P2S. The second-order valence-corrected chi connectivity index (χ2v) is 3.25. The molecular weight excluding hydrogens is 172 g/mol. The van der Waals surface area contributed by atoms with E-state index < -0.39 is 14.8 Å². The van der Waals surface area contributed by atoms with Gasteiger partial charge < -0.3 is 14.7 Å². The van der Waals surface area contributed by atoms with Crippen LogP contribution in [0, 0.1) is 5.00 Å². The molecule has 0 aromatic rings. The molecule has 3 N–H and O–H groups in total. The summed E-state index contributed by atoms with van der Waals surface area (Å²) in [5.74, 6) is 0. The molecule has 0 aliphatic rings. The maximum absolute atomic E-state index is 8.46. The van der Waals surface area contributed by atoms with E-state index in [1.807, 2.05) is 0 Å². The van der Waals surface area contributed by atoms with E-state index in [0.29, 0.717) is 0 Å². The molecule has 0 saturated heterocycles. The molecule has 0 unspecified atom stereocenters. The van der Waals surface area contributed by atoms with Crippen molar-refractivity contribution in [1.29, 1.82) is 5.00 Å². The fraction of sp³-hybridized carbons (Fsp3) is 0. The van der Waals surface area contributed by atoms with Crippen molar-refractivity contribution in [2.24, 2.45) is 0 Å². The molecule has 0 fully saturated rings. The predicted octanol–water partition coefficient (Wildman–Crippen LogP) is -0.0547. The third-order valence-corrected chi connectivity index (χ3v) is 0. The van der Waals surface area contributed by atoms with Crippen LogP contribution in [0.3, 0.4) is 0 Å². The molecule has 0 heterocycles. The summed E-state index contributed by atoms with van der Waals surface area (Å²) >= 11 is 3.60. The zero-order chi connectivity index (χ0) is 7.21. The molecule has 0 bridgehead atoms. The topological polar surface area (TPSA) is 102 Å². The number of hydrogen-bond acceptors (Lipinski definition) is 3. The van der Waals surface area contributed by atoms with Gasteiger partial charge in [-0.2, -0.15) is 0 Å². The first kappa shape index (κ1) is 11.3. The Morgan fingerprint density at radius 1 is 1.50 bits per heavy atom. The summed E-state index contributed by atoms with van der Waals surface area (Å²) in [5, 5.41) is 6.99. The quantitative estimate of drug-likeness (QED) is 0.446. The van der Waals surface area contributed by atoms with Crippen LogP contribution >= 0.6 is 14.8 Å². The number of nitrogens with zero attached hydrogens (tertiary/aromatic N) is 1. The third kappa shape index (κ3) is 876. The van der Waals surface area contributed by atoms with Crippen molar-refractivity contribution >= 4 is 26.6 Å². The molecule has 0 saturated carbocycles. The van der Waals surface area contributed by atoms with Crippen molar-refractivity contribution in [3.05, 3.63) is 0 Å². The molecule has 0 amide bonds. The van der Waals surface area contributed by atoms with E-state index in [1.54, 1.807) is 0 Å². The van der Waals surface area contributed by atoms with E-state index >= 15 is 0 Å². The van der Waals surface area contributed by atoms with Crippen LogP contribution in [-0.2, 0) is 16.4 Å². The summed E-state index contributed by atoms with van der Waals surface area (Å²) < 4.78 is 8.46. The minimum atomic E-state index is -3.81. The number of rotatable bonds is 0. The van der Waals surface area contributed by atoms with Crippen LogP contribution in [0.25, 0.3) is 0 Å². The van der Waals surface area contributed by atoms with Crippen LogP contribution in [0.5, 0.6) is 0 Å². The minimum absolute atomic E-state index is 0.833. The molecule has 0 rings (SSSR count). The van der Waals surface area contributed by atoms with E-state index in [4.69, 9.17) is 24.2 Å². The van der Waals surface area contributed by atoms with Gasteiger partial charge in [-0.3, -0.25) is 0 Å². The molecule has 0 radical (unpaired) electrons. The summed E-state index contributed by atoms with van der Waals surface area (Å²) in [6.45, 7) is -3.81. The van der Waals surface area contributed by atoms with Crippen molar-refractivity contribution in [2.45, 2.75) is 0 Å². The van der Waals surface area contributed by atoms with Crippen molar-refractivity contribution < 1.29 is 19.2 Å². The Bertz CT molecular complexity index is 146. The van der Waals surface area contributed by atoms with Crippen LogP contribution in [0.1, 0.15) is 0 Å². The van der Waals surface area contributed by atoms with Crippen LogP contribution in [0.4, 0.5) is 0 Å². The maximum atomic E-state index is 8.46. The molecule has 8 heavy (non-hydrogen) atoms. The van der Waals surface area contributed by atoms with E-state index in [0.717, 1.165) is 0 Å². The molecule has 0 aromatic carbocycles. The normalized spacial score (nSPS) is 8.75. The molecule has 48 valence electrons. The fourth-order valence-corrected chi connectivity index (χ4v) is 0. The standard InChI is InChI=1S/NOP.H3O3PS/c1-3-2;1-4(2,3)5/h;(H3,1,2,3,5). The third-order valence-electron chi connectivity index (χ3n) is 0. The van der Waals surface area contributed by atoms with Gasteiger partial charge in [0.15, 0.2) is 0 Å². The van der Waals surface area contributed by atoms with Gasteiger partial charge in [0.05, 0.1) is 0 Å². The van der Waals surface area contributed by atoms with Gasteiger partial charge in [-0.25, -0.2) is 0 Å². The van der Waals surface area contributed by atoms with Gasteiger partial charge in [-0.15, -0.1) is 0 Å². The smallest absolute Gasteiger partial charge is 0.319 e. The Morgan fingerprint density at radius 3 is 1.50 bits per heavy atom. The van der Waals surface area contributed by atoms with Gasteiger partial charge in [-0.05, 0) is 11.8 Å². The largest absolute Gasteiger partial charge is 0.325 e. The van der Waals surface area contributed by atoms with Gasteiger partial charge >= 0.3 is 24.4 Å². The predicted molar refractivity (Wildman–Crippen MR) is 30.3 cm³/mol. The Hall–Kier alpha value is 0.470. The van der Waals surface area contributed by atoms with Crippen LogP contribution in [-0.4, -0.2) is 14.7 Å². The minimum Gasteiger partial charge on any atom is -0.325 e. The second kappa shape index (κ2) is 5.60. The van der Waals surface area contributed by atoms with Gasteiger partial charge in [0.25, 0.3) is 0 Å². The zero-order valence-electron chi connectivity index (χ0n) is 3.50. The average molecular weight is 175 g/mol.